The van der Waals surface area contributed by atoms with Gasteiger partial charge in [-0.1, -0.05) is 17.7 Å². The van der Waals surface area contributed by atoms with E-state index in [4.69, 9.17) is 0 Å². The normalized spacial score (nSPS) is 11.1. The number of rotatable bonds is 2. The maximum absolute atomic E-state index is 2.42. The van der Waals surface area contributed by atoms with Crippen LogP contribution in [0.5, 0.6) is 0 Å². The standard InChI is InChI=1S/C22H27N2/c1-14-8-9-20(23(7)13-14)22-18(5)12-19(6)24(22)21-16(3)10-15(2)11-17(21)4/h8-13H,1-7H3/q+1. The largest absolute Gasteiger partial charge is 0.308 e. The Morgan fingerprint density at radius 3 is 1.96 bits per heavy atom. The first-order valence-electron chi connectivity index (χ1n) is 8.53. The van der Waals surface area contributed by atoms with Gasteiger partial charge in [-0.15, -0.1) is 0 Å². The van der Waals surface area contributed by atoms with E-state index in [0.29, 0.717) is 0 Å². The second kappa shape index (κ2) is 5.94. The van der Waals surface area contributed by atoms with Gasteiger partial charge in [-0.3, -0.25) is 0 Å². The van der Waals surface area contributed by atoms with E-state index >= 15 is 0 Å². The zero-order valence-corrected chi connectivity index (χ0v) is 15.9. The molecule has 0 aliphatic heterocycles. The number of hydrogen-bond acceptors (Lipinski definition) is 0. The van der Waals surface area contributed by atoms with Crippen LogP contribution in [0.4, 0.5) is 0 Å². The summed E-state index contributed by atoms with van der Waals surface area (Å²) in [5.74, 6) is 0. The van der Waals surface area contributed by atoms with Crippen LogP contribution < -0.4 is 4.57 Å². The third-order valence-electron chi connectivity index (χ3n) is 4.76. The van der Waals surface area contributed by atoms with Crippen LogP contribution in [0.15, 0.2) is 36.5 Å². The van der Waals surface area contributed by atoms with Gasteiger partial charge in [-0.05, 0) is 70.4 Å². The molecule has 2 heterocycles. The maximum Gasteiger partial charge on any atom is 0.229 e. The molecule has 0 saturated heterocycles. The van der Waals surface area contributed by atoms with Crippen molar-refractivity contribution in [3.63, 3.8) is 0 Å². The lowest BCUT2D eigenvalue weighted by Gasteiger charge is -2.17. The molecule has 0 spiro atoms. The van der Waals surface area contributed by atoms with E-state index in [0.717, 1.165) is 0 Å². The lowest BCUT2D eigenvalue weighted by atomic mass is 10.0. The SMILES string of the molecule is Cc1cc(C)c(-n2c(C)cc(C)c2-c2ccc(C)c[n+]2C)c(C)c1. The van der Waals surface area contributed by atoms with E-state index in [2.05, 4.69) is 94.3 Å². The smallest absolute Gasteiger partial charge is 0.229 e. The van der Waals surface area contributed by atoms with Crippen molar-refractivity contribution in [3.8, 4) is 17.1 Å². The Kier molecular flexibility index (Phi) is 4.08. The van der Waals surface area contributed by atoms with Gasteiger partial charge in [-0.2, -0.15) is 4.57 Å². The van der Waals surface area contributed by atoms with Crippen LogP contribution in [0.25, 0.3) is 17.1 Å². The predicted molar refractivity (Wildman–Crippen MR) is 101 cm³/mol. The zero-order valence-electron chi connectivity index (χ0n) is 15.9. The Balaban J connectivity index is 2.36. The zero-order chi connectivity index (χ0) is 17.6. The van der Waals surface area contributed by atoms with Gasteiger partial charge in [0.25, 0.3) is 0 Å². The quantitative estimate of drug-likeness (QED) is 0.599. The van der Waals surface area contributed by atoms with E-state index in [1.807, 2.05) is 0 Å². The van der Waals surface area contributed by atoms with Gasteiger partial charge in [0.1, 0.15) is 12.7 Å². The minimum Gasteiger partial charge on any atom is -0.308 e. The number of aryl methyl sites for hydroxylation is 7. The Labute approximate surface area is 145 Å². The van der Waals surface area contributed by atoms with Crippen molar-refractivity contribution in [2.24, 2.45) is 7.05 Å². The minimum absolute atomic E-state index is 1.24. The van der Waals surface area contributed by atoms with Gasteiger partial charge in [-0.25, -0.2) is 0 Å². The van der Waals surface area contributed by atoms with E-state index in [1.54, 1.807) is 0 Å². The summed E-state index contributed by atoms with van der Waals surface area (Å²) in [5.41, 5.74) is 11.7. The van der Waals surface area contributed by atoms with Gasteiger partial charge >= 0.3 is 0 Å². The third-order valence-corrected chi connectivity index (χ3v) is 4.76. The van der Waals surface area contributed by atoms with Crippen molar-refractivity contribution >= 4 is 0 Å². The van der Waals surface area contributed by atoms with Gasteiger partial charge in [0.2, 0.25) is 5.69 Å². The second-order valence-electron chi connectivity index (χ2n) is 7.10. The van der Waals surface area contributed by atoms with Crippen LogP contribution in [0.1, 0.15) is 33.5 Å². The highest BCUT2D eigenvalue weighted by Crippen LogP contribution is 2.32. The lowest BCUT2D eigenvalue weighted by Crippen LogP contribution is -2.31. The molecule has 0 saturated carbocycles. The van der Waals surface area contributed by atoms with Crippen molar-refractivity contribution in [1.82, 2.24) is 4.57 Å². The molecule has 0 aliphatic carbocycles. The lowest BCUT2D eigenvalue weighted by molar-refractivity contribution is -0.660. The first kappa shape index (κ1) is 16.5. The summed E-state index contributed by atoms with van der Waals surface area (Å²) in [7, 11) is 2.13. The Hall–Kier alpha value is -2.35. The fourth-order valence-corrected chi connectivity index (χ4v) is 3.92. The molecule has 3 aromatic rings. The monoisotopic (exact) mass is 319 g/mol. The molecule has 0 amide bonds. The second-order valence-corrected chi connectivity index (χ2v) is 7.10. The van der Waals surface area contributed by atoms with Gasteiger partial charge < -0.3 is 4.57 Å². The van der Waals surface area contributed by atoms with Crippen LogP contribution in [0, 0.1) is 41.5 Å². The molecule has 1 aromatic carbocycles. The van der Waals surface area contributed by atoms with Crippen molar-refractivity contribution in [1.29, 1.82) is 0 Å². The van der Waals surface area contributed by atoms with Gasteiger partial charge in [0.15, 0.2) is 6.20 Å². The summed E-state index contributed by atoms with van der Waals surface area (Å²) in [6, 6.07) is 11.3. The molecule has 2 heteroatoms. The Bertz CT molecular complexity index is 906. The number of benzene rings is 1. The van der Waals surface area contributed by atoms with Crippen LogP contribution in [0.2, 0.25) is 0 Å². The summed E-state index contributed by atoms with van der Waals surface area (Å²) in [6.07, 6.45) is 2.19. The van der Waals surface area contributed by atoms with Crippen LogP contribution in [0.3, 0.4) is 0 Å². The van der Waals surface area contributed by atoms with Crippen molar-refractivity contribution in [2.45, 2.75) is 41.5 Å². The minimum atomic E-state index is 1.24. The molecule has 24 heavy (non-hydrogen) atoms. The third kappa shape index (κ3) is 2.66. The summed E-state index contributed by atoms with van der Waals surface area (Å²) >= 11 is 0. The van der Waals surface area contributed by atoms with E-state index in [-0.39, 0.29) is 0 Å². The van der Waals surface area contributed by atoms with Gasteiger partial charge in [0.05, 0.1) is 5.69 Å². The highest BCUT2D eigenvalue weighted by Gasteiger charge is 2.22. The van der Waals surface area contributed by atoms with Gasteiger partial charge in [0, 0.05) is 17.3 Å². The van der Waals surface area contributed by atoms with E-state index in [1.165, 1.54) is 50.6 Å². The van der Waals surface area contributed by atoms with Crippen LogP contribution in [-0.2, 0) is 7.05 Å². The molecule has 0 bridgehead atoms. The Morgan fingerprint density at radius 1 is 0.750 bits per heavy atom. The topological polar surface area (TPSA) is 8.81 Å². The van der Waals surface area contributed by atoms with Crippen LogP contribution >= 0.6 is 0 Å². The molecule has 2 aromatic heterocycles. The molecule has 0 radical (unpaired) electrons. The fourth-order valence-electron chi connectivity index (χ4n) is 3.92. The average Bonchev–Trinajstić information content (AvgIpc) is 2.73. The molecule has 124 valence electrons. The number of hydrogen-bond donors (Lipinski definition) is 0. The Morgan fingerprint density at radius 2 is 1.38 bits per heavy atom. The number of aromatic nitrogens is 2. The van der Waals surface area contributed by atoms with Crippen molar-refractivity contribution in [3.05, 3.63) is 70.0 Å². The van der Waals surface area contributed by atoms with Crippen LogP contribution in [-0.4, -0.2) is 4.57 Å². The molecule has 3 rings (SSSR count). The molecule has 2 nitrogen and oxygen atoms in total. The molecule has 0 fully saturated rings. The average molecular weight is 319 g/mol. The maximum atomic E-state index is 2.42. The molecule has 0 unspecified atom stereocenters. The first-order chi connectivity index (χ1) is 11.3. The van der Waals surface area contributed by atoms with E-state index < -0.39 is 0 Å². The summed E-state index contributed by atoms with van der Waals surface area (Å²) < 4.78 is 4.65. The molecule has 0 aliphatic rings. The summed E-state index contributed by atoms with van der Waals surface area (Å²) in [4.78, 5) is 0. The molecular weight excluding hydrogens is 292 g/mol. The van der Waals surface area contributed by atoms with E-state index in [9.17, 15) is 0 Å². The highest BCUT2D eigenvalue weighted by atomic mass is 15.0. The number of nitrogens with zero attached hydrogens (tertiary/aromatic N) is 2. The molecular formula is C22H27N2+. The highest BCUT2D eigenvalue weighted by molar-refractivity contribution is 5.65. The summed E-state index contributed by atoms with van der Waals surface area (Å²) in [5, 5.41) is 0. The predicted octanol–water partition coefficient (Wildman–Crippen LogP) is 4.82. The molecule has 0 atom stereocenters. The number of pyridine rings is 1. The molecule has 0 N–H and O–H groups in total. The van der Waals surface area contributed by atoms with Crippen molar-refractivity contribution in [2.75, 3.05) is 0 Å². The van der Waals surface area contributed by atoms with Crippen molar-refractivity contribution < 1.29 is 4.57 Å². The first-order valence-corrected chi connectivity index (χ1v) is 8.53. The summed E-state index contributed by atoms with van der Waals surface area (Å²) in [6.45, 7) is 13.1. The fraction of sp³-hybridized carbons (Fsp3) is 0.318.